The van der Waals surface area contributed by atoms with Crippen LogP contribution in [0.4, 0.5) is 0 Å². The van der Waals surface area contributed by atoms with Crippen LogP contribution in [0.3, 0.4) is 0 Å². The molecule has 9 heteroatoms. The lowest BCUT2D eigenvalue weighted by atomic mass is 10.0. The van der Waals surface area contributed by atoms with Crippen LogP contribution in [0.15, 0.2) is 29.3 Å². The van der Waals surface area contributed by atoms with Crippen molar-refractivity contribution in [3.05, 3.63) is 35.4 Å². The maximum atomic E-state index is 11.9. The van der Waals surface area contributed by atoms with Crippen molar-refractivity contribution in [2.75, 3.05) is 46.4 Å². The average molecular weight is 419 g/mol. The highest BCUT2D eigenvalue weighted by Crippen LogP contribution is 2.12. The lowest BCUT2D eigenvalue weighted by Gasteiger charge is -2.37. The van der Waals surface area contributed by atoms with Gasteiger partial charge in [0.25, 0.3) is 5.91 Å². The molecule has 2 amide bonds. The fourth-order valence-corrected chi connectivity index (χ4v) is 3.35. The summed E-state index contributed by atoms with van der Waals surface area (Å²) in [5.74, 6) is 0.351. The first kappa shape index (κ1) is 23.6. The number of rotatable bonds is 9. The molecule has 1 fully saturated rings. The number of hydrogen-bond acceptors (Lipinski definition) is 5. The fraction of sp³-hybridized carbons (Fsp3) is 0.571. The van der Waals surface area contributed by atoms with Crippen molar-refractivity contribution in [3.8, 4) is 0 Å². The van der Waals surface area contributed by atoms with E-state index in [1.807, 2.05) is 12.1 Å². The van der Waals surface area contributed by atoms with Crippen molar-refractivity contribution < 1.29 is 14.3 Å². The predicted octanol–water partition coefficient (Wildman–Crippen LogP) is -0.0765. The number of nitrogens with one attached hydrogen (secondary N) is 3. The number of benzene rings is 1. The molecule has 1 aliphatic heterocycles. The molecular weight excluding hydrogens is 384 g/mol. The number of nitrogens with two attached hydrogens (primary N) is 1. The maximum Gasteiger partial charge on any atom is 0.251 e. The first-order valence-electron chi connectivity index (χ1n) is 10.3. The standard InChI is InChI=1S/C21H34N6O3/c1-15(2)18(27-8-10-30-11-9-27)13-26-21(23-3)25-12-16-4-6-17(7-5-16)20(29)24-14-19(22)28/h4-7,15,18H,8-14H2,1-3H3,(H2,22,28)(H,24,29)(H2,23,25,26). The molecule has 1 heterocycles. The third kappa shape index (κ3) is 7.64. The molecule has 2 rings (SSSR count). The number of primary amides is 1. The zero-order valence-corrected chi connectivity index (χ0v) is 18.1. The van der Waals surface area contributed by atoms with E-state index in [-0.39, 0.29) is 12.5 Å². The summed E-state index contributed by atoms with van der Waals surface area (Å²) in [5.41, 5.74) is 6.53. The molecule has 1 aliphatic rings. The van der Waals surface area contributed by atoms with Gasteiger partial charge in [0.2, 0.25) is 5.91 Å². The Kier molecular flexibility index (Phi) is 9.56. The van der Waals surface area contributed by atoms with E-state index in [9.17, 15) is 9.59 Å². The Morgan fingerprint density at radius 1 is 1.13 bits per heavy atom. The molecule has 0 spiro atoms. The van der Waals surface area contributed by atoms with Crippen molar-refractivity contribution in [1.29, 1.82) is 0 Å². The summed E-state index contributed by atoms with van der Waals surface area (Å²) in [6.07, 6.45) is 0. The van der Waals surface area contributed by atoms with Gasteiger partial charge < -0.3 is 26.4 Å². The van der Waals surface area contributed by atoms with Crippen LogP contribution in [0.25, 0.3) is 0 Å². The molecule has 0 bridgehead atoms. The summed E-state index contributed by atoms with van der Waals surface area (Å²) in [4.78, 5) is 29.5. The second-order valence-electron chi connectivity index (χ2n) is 7.61. The van der Waals surface area contributed by atoms with Gasteiger partial charge in [-0.2, -0.15) is 0 Å². The predicted molar refractivity (Wildman–Crippen MR) is 117 cm³/mol. The molecule has 1 saturated heterocycles. The van der Waals surface area contributed by atoms with E-state index in [4.69, 9.17) is 10.5 Å². The summed E-state index contributed by atoms with van der Waals surface area (Å²) in [5, 5.41) is 9.20. The van der Waals surface area contributed by atoms with E-state index < -0.39 is 5.91 Å². The number of morpholine rings is 1. The molecule has 30 heavy (non-hydrogen) atoms. The van der Waals surface area contributed by atoms with Crippen LogP contribution in [0.5, 0.6) is 0 Å². The minimum absolute atomic E-state index is 0.175. The van der Waals surface area contributed by atoms with Crippen molar-refractivity contribution in [2.24, 2.45) is 16.6 Å². The van der Waals surface area contributed by atoms with Crippen LogP contribution < -0.4 is 21.7 Å². The van der Waals surface area contributed by atoms with Crippen molar-refractivity contribution in [3.63, 3.8) is 0 Å². The molecule has 5 N–H and O–H groups in total. The zero-order valence-electron chi connectivity index (χ0n) is 18.1. The van der Waals surface area contributed by atoms with Crippen LogP contribution >= 0.6 is 0 Å². The first-order chi connectivity index (χ1) is 14.4. The molecule has 0 aromatic heterocycles. The van der Waals surface area contributed by atoms with Gasteiger partial charge >= 0.3 is 0 Å². The molecule has 1 aromatic carbocycles. The number of carbonyl (C=O) groups is 2. The number of aliphatic imine (C=N–C) groups is 1. The van der Waals surface area contributed by atoms with E-state index in [0.717, 1.165) is 44.4 Å². The Bertz CT molecular complexity index is 714. The third-order valence-electron chi connectivity index (χ3n) is 5.09. The minimum atomic E-state index is -0.573. The van der Waals surface area contributed by atoms with E-state index in [0.29, 0.717) is 24.1 Å². The number of hydrogen-bond donors (Lipinski definition) is 4. The lowest BCUT2D eigenvalue weighted by molar-refractivity contribution is -0.117. The number of nitrogens with zero attached hydrogens (tertiary/aromatic N) is 2. The smallest absolute Gasteiger partial charge is 0.251 e. The molecule has 0 radical (unpaired) electrons. The van der Waals surface area contributed by atoms with Gasteiger partial charge in [0, 0.05) is 44.8 Å². The van der Waals surface area contributed by atoms with Gasteiger partial charge in [0.1, 0.15) is 0 Å². The highest BCUT2D eigenvalue weighted by atomic mass is 16.5. The fourth-order valence-electron chi connectivity index (χ4n) is 3.35. The molecule has 0 aliphatic carbocycles. The quantitative estimate of drug-likeness (QED) is 0.329. The summed E-state index contributed by atoms with van der Waals surface area (Å²) in [6.45, 7) is 9.15. The van der Waals surface area contributed by atoms with Crippen LogP contribution in [0, 0.1) is 5.92 Å². The van der Waals surface area contributed by atoms with Crippen LogP contribution in [0.1, 0.15) is 29.8 Å². The molecule has 166 valence electrons. The van der Waals surface area contributed by atoms with Gasteiger partial charge in [-0.05, 0) is 23.6 Å². The summed E-state index contributed by atoms with van der Waals surface area (Å²) >= 11 is 0. The molecule has 1 aromatic rings. The molecule has 1 atom stereocenters. The van der Waals surface area contributed by atoms with Crippen LogP contribution in [-0.2, 0) is 16.1 Å². The molecule has 9 nitrogen and oxygen atoms in total. The zero-order chi connectivity index (χ0) is 21.9. The van der Waals surface area contributed by atoms with Crippen LogP contribution in [0.2, 0.25) is 0 Å². The number of guanidine groups is 1. The van der Waals surface area contributed by atoms with Crippen LogP contribution in [-0.4, -0.2) is 75.2 Å². The van der Waals surface area contributed by atoms with Crippen molar-refractivity contribution in [1.82, 2.24) is 20.9 Å². The Morgan fingerprint density at radius 2 is 1.80 bits per heavy atom. The Balaban J connectivity index is 1.83. The Morgan fingerprint density at radius 3 is 2.37 bits per heavy atom. The summed E-state index contributed by atoms with van der Waals surface area (Å²) in [7, 11) is 1.75. The van der Waals surface area contributed by atoms with Crippen molar-refractivity contribution in [2.45, 2.75) is 26.4 Å². The van der Waals surface area contributed by atoms with Gasteiger partial charge in [0.15, 0.2) is 5.96 Å². The summed E-state index contributed by atoms with van der Waals surface area (Å²) in [6, 6.07) is 7.58. The normalized spacial score (nSPS) is 16.2. The Hall–Kier alpha value is -2.65. The largest absolute Gasteiger partial charge is 0.379 e. The third-order valence-corrected chi connectivity index (χ3v) is 5.09. The number of amides is 2. The highest BCUT2D eigenvalue weighted by molar-refractivity contribution is 5.96. The topological polar surface area (TPSA) is 121 Å². The van der Waals surface area contributed by atoms with Gasteiger partial charge in [-0.3, -0.25) is 19.5 Å². The van der Waals surface area contributed by atoms with E-state index >= 15 is 0 Å². The van der Waals surface area contributed by atoms with E-state index in [2.05, 4.69) is 39.7 Å². The Labute approximate surface area is 178 Å². The highest BCUT2D eigenvalue weighted by Gasteiger charge is 2.23. The number of carbonyl (C=O) groups excluding carboxylic acids is 2. The monoisotopic (exact) mass is 418 g/mol. The van der Waals surface area contributed by atoms with Gasteiger partial charge in [0.05, 0.1) is 19.8 Å². The second-order valence-corrected chi connectivity index (χ2v) is 7.61. The van der Waals surface area contributed by atoms with Gasteiger partial charge in [-0.15, -0.1) is 0 Å². The average Bonchev–Trinajstić information content (AvgIpc) is 2.75. The van der Waals surface area contributed by atoms with E-state index in [1.54, 1.807) is 19.2 Å². The van der Waals surface area contributed by atoms with Crippen molar-refractivity contribution >= 4 is 17.8 Å². The van der Waals surface area contributed by atoms with E-state index in [1.165, 1.54) is 0 Å². The lowest BCUT2D eigenvalue weighted by Crippen LogP contribution is -2.52. The first-order valence-corrected chi connectivity index (χ1v) is 10.3. The maximum absolute atomic E-state index is 11.9. The molecular formula is C21H34N6O3. The minimum Gasteiger partial charge on any atom is -0.379 e. The SMILES string of the molecule is CN=C(NCc1ccc(C(=O)NCC(N)=O)cc1)NCC(C(C)C)N1CCOCC1. The summed E-state index contributed by atoms with van der Waals surface area (Å²) < 4.78 is 5.47. The number of ether oxygens (including phenoxy) is 1. The second kappa shape index (κ2) is 12.1. The van der Waals surface area contributed by atoms with Gasteiger partial charge in [-0.1, -0.05) is 26.0 Å². The van der Waals surface area contributed by atoms with Gasteiger partial charge in [-0.25, -0.2) is 0 Å². The molecule has 0 saturated carbocycles. The molecule has 1 unspecified atom stereocenters.